The Morgan fingerprint density at radius 2 is 1.63 bits per heavy atom. The predicted molar refractivity (Wildman–Crippen MR) is 126 cm³/mol. The van der Waals surface area contributed by atoms with Gasteiger partial charge in [0.1, 0.15) is 12.4 Å². The zero-order chi connectivity index (χ0) is 24.9. The highest BCUT2D eigenvalue weighted by atomic mass is 19.1. The predicted octanol–water partition coefficient (Wildman–Crippen LogP) is 4.02. The Bertz CT molecular complexity index is 1230. The van der Waals surface area contributed by atoms with Gasteiger partial charge in [-0.1, -0.05) is 48.5 Å². The first-order chi connectivity index (χ1) is 16.9. The Morgan fingerprint density at radius 1 is 1.00 bits per heavy atom. The van der Waals surface area contributed by atoms with Gasteiger partial charge < -0.3 is 19.9 Å². The molecule has 0 bridgehead atoms. The van der Waals surface area contributed by atoms with Crippen molar-refractivity contribution in [3.63, 3.8) is 0 Å². The second-order valence-electron chi connectivity index (χ2n) is 8.00. The van der Waals surface area contributed by atoms with Crippen LogP contribution in [0.5, 0.6) is 0 Å². The lowest BCUT2D eigenvalue weighted by Crippen LogP contribution is -2.43. The molecule has 2 amide bonds. The summed E-state index contributed by atoms with van der Waals surface area (Å²) in [6.07, 6.45) is -0.813. The molecule has 0 heterocycles. The zero-order valence-electron chi connectivity index (χ0n) is 18.8. The van der Waals surface area contributed by atoms with E-state index in [9.17, 15) is 18.8 Å². The second-order valence-corrected chi connectivity index (χ2v) is 8.00. The Labute approximate surface area is 200 Å². The molecule has 9 heteroatoms. The SMILES string of the molecule is COC[C@H](NC(=O)c1cc(F)cc(NC(=O)OCC2c3ccccc3-c3ccccc32)c1)C(=O)O. The zero-order valence-corrected chi connectivity index (χ0v) is 18.8. The molecule has 4 rings (SSSR count). The number of anilines is 1. The lowest BCUT2D eigenvalue weighted by molar-refractivity contribution is -0.140. The van der Waals surface area contributed by atoms with Crippen molar-refractivity contribution in [3.8, 4) is 11.1 Å². The number of benzene rings is 3. The Morgan fingerprint density at radius 3 is 2.23 bits per heavy atom. The van der Waals surface area contributed by atoms with Gasteiger partial charge in [0.2, 0.25) is 0 Å². The normalized spacial score (nSPS) is 12.9. The monoisotopic (exact) mass is 478 g/mol. The summed E-state index contributed by atoms with van der Waals surface area (Å²) in [6.45, 7) is -0.193. The molecular formula is C26H23FN2O6. The quantitative estimate of drug-likeness (QED) is 0.451. The molecule has 0 saturated heterocycles. The molecule has 1 aliphatic carbocycles. The number of hydrogen-bond acceptors (Lipinski definition) is 5. The number of methoxy groups -OCH3 is 1. The molecule has 3 aromatic rings. The van der Waals surface area contributed by atoms with Crippen molar-refractivity contribution in [2.45, 2.75) is 12.0 Å². The Hall–Kier alpha value is -4.24. The fourth-order valence-electron chi connectivity index (χ4n) is 4.13. The van der Waals surface area contributed by atoms with Gasteiger partial charge in [0, 0.05) is 24.3 Å². The van der Waals surface area contributed by atoms with Crippen LogP contribution in [0.25, 0.3) is 11.1 Å². The van der Waals surface area contributed by atoms with E-state index in [1.807, 2.05) is 48.5 Å². The summed E-state index contributed by atoms with van der Waals surface area (Å²) in [4.78, 5) is 36.1. The van der Waals surface area contributed by atoms with Crippen LogP contribution in [0.1, 0.15) is 27.4 Å². The first-order valence-corrected chi connectivity index (χ1v) is 10.8. The average molecular weight is 478 g/mol. The van der Waals surface area contributed by atoms with Crippen LogP contribution in [0.3, 0.4) is 0 Å². The number of carbonyl (C=O) groups is 3. The van der Waals surface area contributed by atoms with Crippen molar-refractivity contribution in [2.75, 3.05) is 25.6 Å². The van der Waals surface area contributed by atoms with Gasteiger partial charge in [-0.15, -0.1) is 0 Å². The van der Waals surface area contributed by atoms with Crippen LogP contribution in [0, 0.1) is 5.82 Å². The van der Waals surface area contributed by atoms with Crippen LogP contribution < -0.4 is 10.6 Å². The number of carbonyl (C=O) groups excluding carboxylic acids is 2. The maximum Gasteiger partial charge on any atom is 0.411 e. The molecule has 0 spiro atoms. The Balaban J connectivity index is 1.43. The van der Waals surface area contributed by atoms with Gasteiger partial charge >= 0.3 is 12.1 Å². The molecule has 0 saturated carbocycles. The Kier molecular flexibility index (Phi) is 7.07. The number of carboxylic acid groups (broad SMARTS) is 1. The number of carboxylic acids is 1. The highest BCUT2D eigenvalue weighted by molar-refractivity contribution is 5.98. The van der Waals surface area contributed by atoms with E-state index in [0.717, 1.165) is 34.4 Å². The van der Waals surface area contributed by atoms with Crippen molar-refractivity contribution in [1.29, 1.82) is 0 Å². The van der Waals surface area contributed by atoms with E-state index in [4.69, 9.17) is 14.6 Å². The molecule has 1 atom stereocenters. The van der Waals surface area contributed by atoms with Gasteiger partial charge in [0.25, 0.3) is 5.91 Å². The van der Waals surface area contributed by atoms with E-state index in [-0.39, 0.29) is 30.4 Å². The summed E-state index contributed by atoms with van der Waals surface area (Å²) >= 11 is 0. The van der Waals surface area contributed by atoms with Crippen molar-refractivity contribution in [2.24, 2.45) is 0 Å². The van der Waals surface area contributed by atoms with Crippen LogP contribution >= 0.6 is 0 Å². The van der Waals surface area contributed by atoms with Crippen LogP contribution in [0.2, 0.25) is 0 Å². The van der Waals surface area contributed by atoms with E-state index in [0.29, 0.717) is 0 Å². The van der Waals surface area contributed by atoms with Gasteiger partial charge in [0.05, 0.1) is 6.61 Å². The number of halogens is 1. The minimum Gasteiger partial charge on any atom is -0.480 e. The fraction of sp³-hybridized carbons (Fsp3) is 0.192. The van der Waals surface area contributed by atoms with Gasteiger partial charge in [0.15, 0.2) is 6.04 Å². The summed E-state index contributed by atoms with van der Waals surface area (Å²) in [5.74, 6) is -3.06. The third-order valence-corrected chi connectivity index (χ3v) is 5.69. The van der Waals surface area contributed by atoms with Gasteiger partial charge in [-0.05, 0) is 40.5 Å². The van der Waals surface area contributed by atoms with Gasteiger partial charge in [-0.2, -0.15) is 0 Å². The molecule has 0 radical (unpaired) electrons. The van der Waals surface area contributed by atoms with E-state index < -0.39 is 29.8 Å². The molecule has 8 nitrogen and oxygen atoms in total. The highest BCUT2D eigenvalue weighted by Gasteiger charge is 2.29. The maximum absolute atomic E-state index is 14.1. The largest absolute Gasteiger partial charge is 0.480 e. The lowest BCUT2D eigenvalue weighted by atomic mass is 9.98. The molecule has 0 fully saturated rings. The van der Waals surface area contributed by atoms with Crippen molar-refractivity contribution in [1.82, 2.24) is 5.32 Å². The summed E-state index contributed by atoms with van der Waals surface area (Å²) in [7, 11) is 1.29. The smallest absolute Gasteiger partial charge is 0.411 e. The number of ether oxygens (including phenoxy) is 2. The molecule has 1 aliphatic rings. The molecule has 0 aromatic heterocycles. The summed E-state index contributed by atoms with van der Waals surface area (Å²) in [6, 6.07) is 17.7. The summed E-state index contributed by atoms with van der Waals surface area (Å²) in [5.41, 5.74) is 4.11. The second kappa shape index (κ2) is 10.4. The molecule has 180 valence electrons. The molecule has 0 unspecified atom stereocenters. The maximum atomic E-state index is 14.1. The average Bonchev–Trinajstić information content (AvgIpc) is 3.15. The summed E-state index contributed by atoms with van der Waals surface area (Å²) < 4.78 is 24.3. The van der Waals surface area contributed by atoms with E-state index in [2.05, 4.69) is 10.6 Å². The topological polar surface area (TPSA) is 114 Å². The van der Waals surface area contributed by atoms with E-state index in [1.165, 1.54) is 13.2 Å². The number of nitrogens with one attached hydrogen (secondary N) is 2. The van der Waals surface area contributed by atoms with E-state index in [1.54, 1.807) is 0 Å². The standard InChI is InChI=1S/C26H23FN2O6/c1-34-14-23(25(31)32)29-24(30)15-10-16(27)12-17(11-15)28-26(33)35-13-22-20-8-4-2-6-18(20)19-7-3-5-9-21(19)22/h2-12,22-23H,13-14H2,1H3,(H,28,33)(H,29,30)(H,31,32)/t23-/m0/s1. The first-order valence-electron chi connectivity index (χ1n) is 10.8. The molecule has 0 aliphatic heterocycles. The third kappa shape index (κ3) is 5.30. The van der Waals surface area contributed by atoms with Crippen molar-refractivity contribution >= 4 is 23.7 Å². The number of aliphatic carboxylic acids is 1. The highest BCUT2D eigenvalue weighted by Crippen LogP contribution is 2.44. The van der Waals surface area contributed by atoms with Crippen molar-refractivity contribution < 1.29 is 33.4 Å². The van der Waals surface area contributed by atoms with Crippen LogP contribution in [-0.4, -0.2) is 49.4 Å². The van der Waals surface area contributed by atoms with Crippen LogP contribution in [0.15, 0.2) is 66.7 Å². The van der Waals surface area contributed by atoms with Gasteiger partial charge in [-0.25, -0.2) is 14.0 Å². The van der Waals surface area contributed by atoms with E-state index >= 15 is 0 Å². The molecule has 35 heavy (non-hydrogen) atoms. The third-order valence-electron chi connectivity index (χ3n) is 5.69. The molecule has 3 aromatic carbocycles. The van der Waals surface area contributed by atoms with Gasteiger partial charge in [-0.3, -0.25) is 10.1 Å². The molecule has 3 N–H and O–H groups in total. The van der Waals surface area contributed by atoms with Crippen molar-refractivity contribution in [3.05, 3.63) is 89.2 Å². The lowest BCUT2D eigenvalue weighted by Gasteiger charge is -2.15. The fourth-order valence-corrected chi connectivity index (χ4v) is 4.13. The number of fused-ring (bicyclic) bond motifs is 3. The molecular weight excluding hydrogens is 455 g/mol. The first kappa shape index (κ1) is 23.9. The minimum atomic E-state index is -1.31. The number of amides is 2. The summed E-state index contributed by atoms with van der Waals surface area (Å²) in [5, 5.41) is 13.8. The van der Waals surface area contributed by atoms with Crippen LogP contribution in [-0.2, 0) is 14.3 Å². The van der Waals surface area contributed by atoms with Crippen LogP contribution in [0.4, 0.5) is 14.9 Å². The number of hydrogen-bond donors (Lipinski definition) is 3. The minimum absolute atomic E-state index is 0.00834. The number of rotatable bonds is 8.